The van der Waals surface area contributed by atoms with Crippen molar-refractivity contribution in [3.8, 4) is 11.3 Å². The van der Waals surface area contributed by atoms with Gasteiger partial charge in [-0.1, -0.05) is 36.4 Å². The average molecular weight is 466 g/mol. The number of nitrogens with one attached hydrogen (secondary N) is 1. The Morgan fingerprint density at radius 1 is 1.00 bits per heavy atom. The van der Waals surface area contributed by atoms with E-state index in [9.17, 15) is 14.9 Å². The van der Waals surface area contributed by atoms with Gasteiger partial charge in [-0.25, -0.2) is 19.6 Å². The van der Waals surface area contributed by atoms with Crippen molar-refractivity contribution < 1.29 is 9.72 Å². The summed E-state index contributed by atoms with van der Waals surface area (Å²) in [7, 11) is 0. The fourth-order valence-corrected chi connectivity index (χ4v) is 3.73. The molecule has 0 atom stereocenters. The molecule has 0 saturated heterocycles. The van der Waals surface area contributed by atoms with E-state index in [-0.39, 0.29) is 24.0 Å². The van der Waals surface area contributed by atoms with E-state index in [1.54, 1.807) is 71.5 Å². The summed E-state index contributed by atoms with van der Waals surface area (Å²) in [5.41, 5.74) is 8.71. The Bertz CT molecular complexity index is 1550. The summed E-state index contributed by atoms with van der Waals surface area (Å²) in [6, 6.07) is 18.5. The van der Waals surface area contributed by atoms with E-state index >= 15 is 0 Å². The van der Waals surface area contributed by atoms with E-state index in [1.165, 1.54) is 12.4 Å². The highest BCUT2D eigenvalue weighted by Gasteiger charge is 2.20. The molecule has 0 aliphatic heterocycles. The Morgan fingerprint density at radius 2 is 1.77 bits per heavy atom. The summed E-state index contributed by atoms with van der Waals surface area (Å²) in [5, 5.41) is 19.4. The molecular formula is C24H18N8O3. The first-order valence-corrected chi connectivity index (χ1v) is 10.5. The normalized spacial score (nSPS) is 10.9. The highest BCUT2D eigenvalue weighted by molar-refractivity contribution is 6.04. The molecule has 3 aromatic heterocycles. The smallest absolute Gasteiger partial charge is 0.274 e. The zero-order chi connectivity index (χ0) is 24.4. The van der Waals surface area contributed by atoms with Gasteiger partial charge in [-0.05, 0) is 24.3 Å². The van der Waals surface area contributed by atoms with Gasteiger partial charge >= 0.3 is 0 Å². The van der Waals surface area contributed by atoms with Crippen LogP contribution >= 0.6 is 0 Å². The van der Waals surface area contributed by atoms with E-state index in [0.717, 1.165) is 0 Å². The maximum Gasteiger partial charge on any atom is 0.274 e. The lowest BCUT2D eigenvalue weighted by atomic mass is 10.1. The van der Waals surface area contributed by atoms with Crippen molar-refractivity contribution in [2.24, 2.45) is 0 Å². The lowest BCUT2D eigenvalue weighted by Gasteiger charge is -2.05. The number of amides is 1. The molecule has 172 valence electrons. The molecule has 11 nitrogen and oxygen atoms in total. The third-order valence-electron chi connectivity index (χ3n) is 5.39. The van der Waals surface area contributed by atoms with Crippen molar-refractivity contribution in [2.75, 3.05) is 11.1 Å². The number of para-hydroxylation sites is 1. The number of hydrogen-bond acceptors (Lipinski definition) is 8. The minimum absolute atomic E-state index is 0.0111. The van der Waals surface area contributed by atoms with Crippen LogP contribution in [0.5, 0.6) is 0 Å². The minimum Gasteiger partial charge on any atom is -0.383 e. The standard InChI is InChI=1S/C24H18N8O3/c25-22-20-21(15-8-10-16(11-9-15)24(33)29-19-7-3-4-12-26-19)30-31(23(20)28-14-27-22)13-17-5-1-2-6-18(17)32(34)35/h1-12,14H,13H2,(H2,25,27,28)(H,26,29,33). The predicted octanol–water partition coefficient (Wildman–Crippen LogP) is 3.68. The average Bonchev–Trinajstić information content (AvgIpc) is 3.24. The number of nitrogens with zero attached hydrogens (tertiary/aromatic N) is 6. The molecule has 35 heavy (non-hydrogen) atoms. The number of nitrogens with two attached hydrogens (primary N) is 1. The Balaban J connectivity index is 1.50. The second kappa shape index (κ2) is 8.98. The molecule has 2 aromatic carbocycles. The van der Waals surface area contributed by atoms with Gasteiger partial charge in [-0.15, -0.1) is 0 Å². The topological polar surface area (TPSA) is 155 Å². The zero-order valence-electron chi connectivity index (χ0n) is 18.2. The van der Waals surface area contributed by atoms with E-state index in [1.807, 2.05) is 0 Å². The molecule has 11 heteroatoms. The van der Waals surface area contributed by atoms with E-state index in [0.29, 0.717) is 39.2 Å². The van der Waals surface area contributed by atoms with Crippen LogP contribution in [-0.2, 0) is 6.54 Å². The maximum atomic E-state index is 12.6. The molecular weight excluding hydrogens is 448 g/mol. The van der Waals surface area contributed by atoms with Gasteiger partial charge < -0.3 is 11.1 Å². The quantitative estimate of drug-likeness (QED) is 0.284. The van der Waals surface area contributed by atoms with Crippen molar-refractivity contribution in [1.29, 1.82) is 0 Å². The van der Waals surface area contributed by atoms with Crippen molar-refractivity contribution in [3.05, 3.63) is 100 Å². The van der Waals surface area contributed by atoms with E-state index in [4.69, 9.17) is 5.73 Å². The zero-order valence-corrected chi connectivity index (χ0v) is 18.2. The summed E-state index contributed by atoms with van der Waals surface area (Å²) in [4.78, 5) is 36.1. The maximum absolute atomic E-state index is 12.6. The lowest BCUT2D eigenvalue weighted by Crippen LogP contribution is -2.12. The van der Waals surface area contributed by atoms with Crippen LogP contribution < -0.4 is 11.1 Å². The molecule has 0 fully saturated rings. The number of benzene rings is 2. The minimum atomic E-state index is -0.431. The van der Waals surface area contributed by atoms with E-state index in [2.05, 4.69) is 25.4 Å². The molecule has 0 radical (unpaired) electrons. The van der Waals surface area contributed by atoms with Crippen LogP contribution in [0.3, 0.4) is 0 Å². The molecule has 1 amide bonds. The highest BCUT2D eigenvalue weighted by atomic mass is 16.6. The first kappa shape index (κ1) is 21.6. The van der Waals surface area contributed by atoms with Crippen LogP contribution in [0.4, 0.5) is 17.3 Å². The third-order valence-corrected chi connectivity index (χ3v) is 5.39. The Hall–Kier alpha value is -5.19. The number of rotatable bonds is 6. The van der Waals surface area contributed by atoms with Crippen LogP contribution in [0.1, 0.15) is 15.9 Å². The van der Waals surface area contributed by atoms with Gasteiger partial charge in [-0.3, -0.25) is 14.9 Å². The Morgan fingerprint density at radius 3 is 2.51 bits per heavy atom. The van der Waals surface area contributed by atoms with Gasteiger partial charge in [0.25, 0.3) is 11.6 Å². The predicted molar refractivity (Wildman–Crippen MR) is 130 cm³/mol. The molecule has 0 bridgehead atoms. The molecule has 0 saturated carbocycles. The summed E-state index contributed by atoms with van der Waals surface area (Å²) < 4.78 is 1.56. The summed E-state index contributed by atoms with van der Waals surface area (Å²) in [6.45, 7) is 0.120. The van der Waals surface area contributed by atoms with Crippen molar-refractivity contribution in [1.82, 2.24) is 24.7 Å². The first-order chi connectivity index (χ1) is 17.0. The van der Waals surface area contributed by atoms with Crippen LogP contribution in [0.2, 0.25) is 0 Å². The number of carbonyl (C=O) groups excluding carboxylic acids is 1. The van der Waals surface area contributed by atoms with Crippen LogP contribution in [0, 0.1) is 10.1 Å². The number of pyridine rings is 1. The molecule has 0 aliphatic rings. The van der Waals surface area contributed by atoms with Gasteiger partial charge in [0, 0.05) is 23.4 Å². The fraction of sp³-hybridized carbons (Fsp3) is 0.0417. The molecule has 3 N–H and O–H groups in total. The number of carbonyl (C=O) groups is 1. The van der Waals surface area contributed by atoms with Crippen LogP contribution in [0.15, 0.2) is 79.3 Å². The number of nitro benzene ring substituents is 1. The number of anilines is 2. The Labute approximate surface area is 198 Å². The fourth-order valence-electron chi connectivity index (χ4n) is 3.73. The number of fused-ring (bicyclic) bond motifs is 1. The highest BCUT2D eigenvalue weighted by Crippen LogP contribution is 2.31. The lowest BCUT2D eigenvalue weighted by molar-refractivity contribution is -0.385. The van der Waals surface area contributed by atoms with Gasteiger partial charge in [-0.2, -0.15) is 5.10 Å². The van der Waals surface area contributed by atoms with Crippen molar-refractivity contribution in [3.63, 3.8) is 0 Å². The van der Waals surface area contributed by atoms with Crippen LogP contribution in [-0.4, -0.2) is 35.6 Å². The van der Waals surface area contributed by atoms with Gasteiger partial charge in [0.15, 0.2) is 5.65 Å². The summed E-state index contributed by atoms with van der Waals surface area (Å²) in [5.74, 6) is 0.381. The monoisotopic (exact) mass is 466 g/mol. The molecule has 3 heterocycles. The summed E-state index contributed by atoms with van der Waals surface area (Å²) in [6.07, 6.45) is 2.92. The van der Waals surface area contributed by atoms with Crippen molar-refractivity contribution in [2.45, 2.75) is 6.54 Å². The largest absolute Gasteiger partial charge is 0.383 e. The second-order valence-electron chi connectivity index (χ2n) is 7.60. The summed E-state index contributed by atoms with van der Waals surface area (Å²) >= 11 is 0. The van der Waals surface area contributed by atoms with Gasteiger partial charge in [0.1, 0.15) is 23.7 Å². The van der Waals surface area contributed by atoms with Gasteiger partial charge in [0.05, 0.1) is 22.4 Å². The molecule has 0 aliphatic carbocycles. The molecule has 0 spiro atoms. The molecule has 5 rings (SSSR count). The van der Waals surface area contributed by atoms with Gasteiger partial charge in [0.2, 0.25) is 0 Å². The first-order valence-electron chi connectivity index (χ1n) is 10.5. The van der Waals surface area contributed by atoms with E-state index < -0.39 is 4.92 Å². The molecule has 0 unspecified atom stereocenters. The number of hydrogen-bond donors (Lipinski definition) is 2. The number of nitrogen functional groups attached to an aromatic ring is 1. The number of nitro groups is 1. The SMILES string of the molecule is Nc1ncnc2c1c(-c1ccc(C(=O)Nc3ccccn3)cc1)nn2Cc1ccccc1[N+](=O)[O-]. The Kier molecular flexibility index (Phi) is 5.55. The third kappa shape index (κ3) is 4.25. The second-order valence-corrected chi connectivity index (χ2v) is 7.60. The van der Waals surface area contributed by atoms with Crippen LogP contribution in [0.25, 0.3) is 22.3 Å². The van der Waals surface area contributed by atoms with Crippen molar-refractivity contribution >= 4 is 34.3 Å². The molecule has 5 aromatic rings. The number of aromatic nitrogens is 5.